The third-order valence-electron chi connectivity index (χ3n) is 3.39. The smallest absolute Gasteiger partial charge is 0.265 e. The standard InChI is InChI=1S/C18H20BrNO2/c1-11-6-8-17(13(3)9-11)22-14(4)18(21)20-16-7-5-12(2)10-15(16)19/h5-10,14H,1-4H3,(H,20,21). The van der Waals surface area contributed by atoms with Gasteiger partial charge in [0.2, 0.25) is 0 Å². The van der Waals surface area contributed by atoms with Crippen molar-refractivity contribution >= 4 is 27.5 Å². The van der Waals surface area contributed by atoms with Crippen molar-refractivity contribution in [3.8, 4) is 5.75 Å². The van der Waals surface area contributed by atoms with Crippen LogP contribution >= 0.6 is 15.9 Å². The molecule has 0 aliphatic heterocycles. The van der Waals surface area contributed by atoms with E-state index in [9.17, 15) is 4.79 Å². The molecule has 4 heteroatoms. The van der Waals surface area contributed by atoms with Crippen molar-refractivity contribution in [3.05, 3.63) is 57.6 Å². The van der Waals surface area contributed by atoms with Crippen molar-refractivity contribution in [1.29, 1.82) is 0 Å². The van der Waals surface area contributed by atoms with E-state index in [-0.39, 0.29) is 5.91 Å². The predicted molar refractivity (Wildman–Crippen MR) is 93.5 cm³/mol. The second kappa shape index (κ2) is 6.97. The minimum atomic E-state index is -0.574. The highest BCUT2D eigenvalue weighted by Gasteiger charge is 2.16. The number of hydrogen-bond acceptors (Lipinski definition) is 2. The molecule has 0 aromatic heterocycles. The van der Waals surface area contributed by atoms with E-state index in [4.69, 9.17) is 4.74 Å². The molecule has 0 bridgehead atoms. The maximum absolute atomic E-state index is 12.3. The summed E-state index contributed by atoms with van der Waals surface area (Å²) in [6, 6.07) is 11.7. The van der Waals surface area contributed by atoms with Crippen LogP contribution in [0.15, 0.2) is 40.9 Å². The molecule has 2 aromatic carbocycles. The molecular weight excluding hydrogens is 342 g/mol. The van der Waals surface area contributed by atoms with Gasteiger partial charge >= 0.3 is 0 Å². The summed E-state index contributed by atoms with van der Waals surface area (Å²) in [5.41, 5.74) is 4.07. The van der Waals surface area contributed by atoms with E-state index < -0.39 is 6.10 Å². The Hall–Kier alpha value is -1.81. The van der Waals surface area contributed by atoms with Crippen LogP contribution in [-0.2, 0) is 4.79 Å². The van der Waals surface area contributed by atoms with Crippen molar-refractivity contribution in [3.63, 3.8) is 0 Å². The molecule has 0 fully saturated rings. The highest BCUT2D eigenvalue weighted by Crippen LogP contribution is 2.24. The molecule has 2 rings (SSSR count). The van der Waals surface area contributed by atoms with Gasteiger partial charge in [0, 0.05) is 4.47 Å². The topological polar surface area (TPSA) is 38.3 Å². The van der Waals surface area contributed by atoms with Crippen LogP contribution in [0.2, 0.25) is 0 Å². The Balaban J connectivity index is 2.05. The average Bonchev–Trinajstić information content (AvgIpc) is 2.44. The van der Waals surface area contributed by atoms with Crippen LogP contribution in [0, 0.1) is 20.8 Å². The molecule has 0 aliphatic rings. The van der Waals surface area contributed by atoms with Crippen molar-refractivity contribution in [2.24, 2.45) is 0 Å². The minimum Gasteiger partial charge on any atom is -0.481 e. The number of nitrogens with one attached hydrogen (secondary N) is 1. The minimum absolute atomic E-state index is 0.176. The van der Waals surface area contributed by atoms with Gasteiger partial charge in [-0.3, -0.25) is 4.79 Å². The van der Waals surface area contributed by atoms with Crippen LogP contribution in [0.25, 0.3) is 0 Å². The molecule has 0 saturated heterocycles. The van der Waals surface area contributed by atoms with Crippen LogP contribution in [0.3, 0.4) is 0 Å². The van der Waals surface area contributed by atoms with E-state index in [1.807, 2.05) is 57.2 Å². The summed E-state index contributed by atoms with van der Waals surface area (Å²) in [4.78, 5) is 12.3. The first-order chi connectivity index (χ1) is 10.4. The normalized spacial score (nSPS) is 11.9. The lowest BCUT2D eigenvalue weighted by molar-refractivity contribution is -0.122. The van der Waals surface area contributed by atoms with Crippen LogP contribution in [0.4, 0.5) is 5.69 Å². The van der Waals surface area contributed by atoms with E-state index in [0.29, 0.717) is 0 Å². The maximum atomic E-state index is 12.3. The zero-order valence-corrected chi connectivity index (χ0v) is 14.8. The lowest BCUT2D eigenvalue weighted by Crippen LogP contribution is -2.30. The molecule has 0 saturated carbocycles. The Labute approximate surface area is 139 Å². The monoisotopic (exact) mass is 361 g/mol. The van der Waals surface area contributed by atoms with Gasteiger partial charge in [-0.25, -0.2) is 0 Å². The summed E-state index contributed by atoms with van der Waals surface area (Å²) in [5, 5.41) is 2.88. The summed E-state index contributed by atoms with van der Waals surface area (Å²) in [7, 11) is 0. The van der Waals surface area contributed by atoms with E-state index in [1.54, 1.807) is 6.92 Å². The number of hydrogen-bond donors (Lipinski definition) is 1. The largest absolute Gasteiger partial charge is 0.481 e. The Morgan fingerprint density at radius 2 is 1.73 bits per heavy atom. The lowest BCUT2D eigenvalue weighted by Gasteiger charge is -2.17. The number of benzene rings is 2. The second-order valence-corrected chi connectivity index (χ2v) is 6.36. The van der Waals surface area contributed by atoms with Gasteiger partial charge in [0.15, 0.2) is 6.10 Å². The van der Waals surface area contributed by atoms with Crippen LogP contribution < -0.4 is 10.1 Å². The average molecular weight is 362 g/mol. The van der Waals surface area contributed by atoms with Gasteiger partial charge in [0.25, 0.3) is 5.91 Å². The molecule has 0 aliphatic carbocycles. The molecular formula is C18H20BrNO2. The summed E-state index contributed by atoms with van der Waals surface area (Å²) in [6.45, 7) is 7.75. The van der Waals surface area contributed by atoms with Gasteiger partial charge in [0.05, 0.1) is 5.69 Å². The fraction of sp³-hybridized carbons (Fsp3) is 0.278. The predicted octanol–water partition coefficient (Wildman–Crippen LogP) is 4.78. The maximum Gasteiger partial charge on any atom is 0.265 e. The Kier molecular flexibility index (Phi) is 5.24. The van der Waals surface area contributed by atoms with Gasteiger partial charge in [-0.15, -0.1) is 0 Å². The van der Waals surface area contributed by atoms with E-state index >= 15 is 0 Å². The van der Waals surface area contributed by atoms with Crippen molar-refractivity contribution in [2.45, 2.75) is 33.8 Å². The zero-order chi connectivity index (χ0) is 16.3. The van der Waals surface area contributed by atoms with Crippen LogP contribution in [0.1, 0.15) is 23.6 Å². The molecule has 1 N–H and O–H groups in total. The molecule has 116 valence electrons. The van der Waals surface area contributed by atoms with Gasteiger partial charge in [-0.05, 0) is 73.0 Å². The lowest BCUT2D eigenvalue weighted by atomic mass is 10.1. The van der Waals surface area contributed by atoms with Gasteiger partial charge in [-0.2, -0.15) is 0 Å². The number of aryl methyl sites for hydroxylation is 3. The molecule has 0 heterocycles. The second-order valence-electron chi connectivity index (χ2n) is 5.50. The Bertz CT molecular complexity index is 697. The van der Waals surface area contributed by atoms with Crippen molar-refractivity contribution in [1.82, 2.24) is 0 Å². The SMILES string of the molecule is Cc1ccc(OC(C)C(=O)Nc2ccc(C)cc2Br)c(C)c1. The summed E-state index contributed by atoms with van der Waals surface area (Å²) >= 11 is 3.46. The molecule has 2 aromatic rings. The summed E-state index contributed by atoms with van der Waals surface area (Å²) < 4.78 is 6.63. The molecule has 1 atom stereocenters. The van der Waals surface area contributed by atoms with Crippen LogP contribution in [-0.4, -0.2) is 12.0 Å². The first-order valence-corrected chi connectivity index (χ1v) is 7.97. The highest BCUT2D eigenvalue weighted by molar-refractivity contribution is 9.10. The fourth-order valence-electron chi connectivity index (χ4n) is 2.13. The summed E-state index contributed by atoms with van der Waals surface area (Å²) in [5.74, 6) is 0.556. The van der Waals surface area contributed by atoms with Crippen LogP contribution in [0.5, 0.6) is 5.75 Å². The Morgan fingerprint density at radius 1 is 1.09 bits per heavy atom. The molecule has 1 unspecified atom stereocenters. The zero-order valence-electron chi connectivity index (χ0n) is 13.2. The number of ether oxygens (including phenoxy) is 1. The number of carbonyl (C=O) groups excluding carboxylic acids is 1. The van der Waals surface area contributed by atoms with Gasteiger partial charge in [-0.1, -0.05) is 23.8 Å². The molecule has 3 nitrogen and oxygen atoms in total. The Morgan fingerprint density at radius 3 is 2.36 bits per heavy atom. The third-order valence-corrected chi connectivity index (χ3v) is 4.04. The van der Waals surface area contributed by atoms with E-state index in [1.165, 1.54) is 5.56 Å². The number of amides is 1. The number of rotatable bonds is 4. The molecule has 0 spiro atoms. The van der Waals surface area contributed by atoms with Gasteiger partial charge in [0.1, 0.15) is 5.75 Å². The first-order valence-electron chi connectivity index (χ1n) is 7.18. The van der Waals surface area contributed by atoms with Crippen molar-refractivity contribution < 1.29 is 9.53 Å². The number of anilines is 1. The number of halogens is 1. The van der Waals surface area contributed by atoms with Crippen molar-refractivity contribution in [2.75, 3.05) is 5.32 Å². The van der Waals surface area contributed by atoms with E-state index in [2.05, 4.69) is 21.2 Å². The van der Waals surface area contributed by atoms with Gasteiger partial charge < -0.3 is 10.1 Å². The number of carbonyl (C=O) groups is 1. The summed E-state index contributed by atoms with van der Waals surface area (Å²) in [6.07, 6.45) is -0.574. The first kappa shape index (κ1) is 16.6. The molecule has 22 heavy (non-hydrogen) atoms. The molecule has 1 amide bonds. The molecule has 0 radical (unpaired) electrons. The highest BCUT2D eigenvalue weighted by atomic mass is 79.9. The van der Waals surface area contributed by atoms with E-state index in [0.717, 1.165) is 27.0 Å². The fourth-order valence-corrected chi connectivity index (χ4v) is 2.72. The quantitative estimate of drug-likeness (QED) is 0.850. The third kappa shape index (κ3) is 4.10.